The number of pyridine rings is 1. The topological polar surface area (TPSA) is 28.2 Å². The highest BCUT2D eigenvalue weighted by molar-refractivity contribution is 6.31. The van der Waals surface area contributed by atoms with Crippen molar-refractivity contribution in [2.45, 2.75) is 33.2 Å². The number of benzene rings is 2. The van der Waals surface area contributed by atoms with Crippen LogP contribution in [0.15, 0.2) is 60.8 Å². The maximum atomic E-state index is 6.09. The predicted octanol–water partition coefficient (Wildman–Crippen LogP) is 6.24. The van der Waals surface area contributed by atoms with Crippen LogP contribution in [0.2, 0.25) is 5.02 Å². The molecule has 0 amide bonds. The van der Waals surface area contributed by atoms with Crippen molar-refractivity contribution in [3.63, 3.8) is 0 Å². The fraction of sp³-hybridized carbons (Fsp3) is 0.375. The minimum atomic E-state index is 0.713. The van der Waals surface area contributed by atoms with Crippen molar-refractivity contribution in [2.75, 3.05) is 25.0 Å². The lowest BCUT2D eigenvalue weighted by Crippen LogP contribution is -2.30. The van der Waals surface area contributed by atoms with E-state index in [1.807, 2.05) is 30.5 Å². The van der Waals surface area contributed by atoms with Crippen molar-refractivity contribution in [2.24, 2.45) is 5.92 Å². The zero-order valence-corrected chi connectivity index (χ0v) is 17.6. The highest BCUT2D eigenvalue weighted by Crippen LogP contribution is 2.24. The molecule has 1 unspecified atom stereocenters. The normalized spacial score (nSPS) is 12.4. The Balaban J connectivity index is 1.56. The molecule has 1 atom stereocenters. The molecule has 3 aromatic rings. The lowest BCUT2D eigenvalue weighted by atomic mass is 10.1. The fourth-order valence-corrected chi connectivity index (χ4v) is 3.61. The van der Waals surface area contributed by atoms with Crippen LogP contribution in [0.4, 0.5) is 5.69 Å². The third kappa shape index (κ3) is 5.95. The molecular weight excluding hydrogens is 366 g/mol. The van der Waals surface area contributed by atoms with Crippen molar-refractivity contribution in [3.8, 4) is 0 Å². The van der Waals surface area contributed by atoms with E-state index in [2.05, 4.69) is 59.4 Å². The first kappa shape index (κ1) is 20.6. The average molecular weight is 396 g/mol. The standard InChI is InChI=1S/C24H30ClN3/c1-3-19(2)17-28(18-20-8-5-4-6-9-20)15-7-13-26-23-12-14-27-24-16-21(25)10-11-22(23)24/h4-6,8-12,14,16,19H,3,7,13,15,17-18H2,1-2H3,(H,26,27). The molecule has 0 aliphatic rings. The molecule has 1 aromatic heterocycles. The Hall–Kier alpha value is -2.10. The van der Waals surface area contributed by atoms with E-state index in [1.54, 1.807) is 0 Å². The summed E-state index contributed by atoms with van der Waals surface area (Å²) < 4.78 is 0. The van der Waals surface area contributed by atoms with E-state index < -0.39 is 0 Å². The third-order valence-electron chi connectivity index (χ3n) is 5.19. The molecule has 0 saturated carbocycles. The predicted molar refractivity (Wildman–Crippen MR) is 121 cm³/mol. The van der Waals surface area contributed by atoms with Crippen LogP contribution in [-0.2, 0) is 6.54 Å². The monoisotopic (exact) mass is 395 g/mol. The van der Waals surface area contributed by atoms with Gasteiger partial charge in [0.15, 0.2) is 0 Å². The molecule has 148 valence electrons. The molecule has 1 N–H and O–H groups in total. The first-order valence-corrected chi connectivity index (χ1v) is 10.6. The summed E-state index contributed by atoms with van der Waals surface area (Å²) in [5.41, 5.74) is 3.44. The molecule has 0 radical (unpaired) electrons. The Morgan fingerprint density at radius 1 is 1.11 bits per heavy atom. The minimum absolute atomic E-state index is 0.713. The van der Waals surface area contributed by atoms with E-state index in [4.69, 9.17) is 11.6 Å². The van der Waals surface area contributed by atoms with Gasteiger partial charge in [-0.25, -0.2) is 0 Å². The van der Waals surface area contributed by atoms with Crippen LogP contribution in [0.3, 0.4) is 0 Å². The van der Waals surface area contributed by atoms with Gasteiger partial charge in [0.05, 0.1) is 5.52 Å². The molecule has 3 rings (SSSR count). The van der Waals surface area contributed by atoms with Crippen LogP contribution in [-0.4, -0.2) is 29.5 Å². The number of hydrogen-bond donors (Lipinski definition) is 1. The van der Waals surface area contributed by atoms with Gasteiger partial charge in [0, 0.05) is 48.5 Å². The Morgan fingerprint density at radius 2 is 1.93 bits per heavy atom. The van der Waals surface area contributed by atoms with Gasteiger partial charge < -0.3 is 5.32 Å². The van der Waals surface area contributed by atoms with E-state index in [-0.39, 0.29) is 0 Å². The summed E-state index contributed by atoms with van der Waals surface area (Å²) in [6.07, 6.45) is 4.15. The van der Waals surface area contributed by atoms with Gasteiger partial charge in [0.1, 0.15) is 0 Å². The number of fused-ring (bicyclic) bond motifs is 1. The van der Waals surface area contributed by atoms with E-state index in [0.717, 1.165) is 54.2 Å². The lowest BCUT2D eigenvalue weighted by Gasteiger charge is -2.25. The highest BCUT2D eigenvalue weighted by Gasteiger charge is 2.10. The number of nitrogens with one attached hydrogen (secondary N) is 1. The molecule has 0 spiro atoms. The summed E-state index contributed by atoms with van der Waals surface area (Å²) in [6, 6.07) is 18.7. The first-order valence-electron chi connectivity index (χ1n) is 10.2. The van der Waals surface area contributed by atoms with Crippen LogP contribution in [0, 0.1) is 5.92 Å². The largest absolute Gasteiger partial charge is 0.384 e. The lowest BCUT2D eigenvalue weighted by molar-refractivity contribution is 0.226. The van der Waals surface area contributed by atoms with Crippen molar-refractivity contribution >= 4 is 28.2 Å². The third-order valence-corrected chi connectivity index (χ3v) is 5.42. The van der Waals surface area contributed by atoms with Gasteiger partial charge in [-0.05, 0) is 42.2 Å². The first-order chi connectivity index (χ1) is 13.7. The number of halogens is 1. The van der Waals surface area contributed by atoms with Gasteiger partial charge in [-0.1, -0.05) is 62.2 Å². The van der Waals surface area contributed by atoms with E-state index in [1.165, 1.54) is 12.0 Å². The highest BCUT2D eigenvalue weighted by atomic mass is 35.5. The molecular formula is C24H30ClN3. The van der Waals surface area contributed by atoms with Crippen molar-refractivity contribution < 1.29 is 0 Å². The number of aromatic nitrogens is 1. The Kier molecular flexibility index (Phi) is 7.70. The van der Waals surface area contributed by atoms with Crippen molar-refractivity contribution in [1.29, 1.82) is 0 Å². The Labute approximate surface area is 173 Å². The van der Waals surface area contributed by atoms with Gasteiger partial charge in [-0.2, -0.15) is 0 Å². The fourth-order valence-electron chi connectivity index (χ4n) is 3.45. The molecule has 0 aliphatic carbocycles. The van der Waals surface area contributed by atoms with Gasteiger partial charge >= 0.3 is 0 Å². The molecule has 28 heavy (non-hydrogen) atoms. The zero-order chi connectivity index (χ0) is 19.8. The van der Waals surface area contributed by atoms with E-state index in [0.29, 0.717) is 5.92 Å². The maximum absolute atomic E-state index is 6.09. The summed E-state index contributed by atoms with van der Waals surface area (Å²) in [7, 11) is 0. The summed E-state index contributed by atoms with van der Waals surface area (Å²) >= 11 is 6.09. The number of nitrogens with zero attached hydrogens (tertiary/aromatic N) is 2. The maximum Gasteiger partial charge on any atom is 0.0737 e. The molecule has 1 heterocycles. The van der Waals surface area contributed by atoms with Gasteiger partial charge in [0.2, 0.25) is 0 Å². The van der Waals surface area contributed by atoms with Gasteiger partial charge in [-0.3, -0.25) is 9.88 Å². The summed E-state index contributed by atoms with van der Waals surface area (Å²) in [5, 5.41) is 5.42. The van der Waals surface area contributed by atoms with Crippen molar-refractivity contribution in [1.82, 2.24) is 9.88 Å². The van der Waals surface area contributed by atoms with Crippen LogP contribution >= 0.6 is 11.6 Å². The van der Waals surface area contributed by atoms with E-state index in [9.17, 15) is 0 Å². The second kappa shape index (κ2) is 10.4. The quantitative estimate of drug-likeness (QED) is 0.412. The van der Waals surface area contributed by atoms with E-state index >= 15 is 0 Å². The van der Waals surface area contributed by atoms with Crippen LogP contribution < -0.4 is 5.32 Å². The molecule has 2 aromatic carbocycles. The van der Waals surface area contributed by atoms with Crippen LogP contribution in [0.25, 0.3) is 10.9 Å². The van der Waals surface area contributed by atoms with Gasteiger partial charge in [-0.15, -0.1) is 0 Å². The number of anilines is 1. The van der Waals surface area contributed by atoms with Gasteiger partial charge in [0.25, 0.3) is 0 Å². The molecule has 0 fully saturated rings. The molecule has 0 bridgehead atoms. The zero-order valence-electron chi connectivity index (χ0n) is 16.9. The molecule has 0 saturated heterocycles. The molecule has 0 aliphatic heterocycles. The Bertz CT molecular complexity index is 866. The summed E-state index contributed by atoms with van der Waals surface area (Å²) in [4.78, 5) is 6.99. The minimum Gasteiger partial charge on any atom is -0.384 e. The number of rotatable bonds is 10. The smallest absolute Gasteiger partial charge is 0.0737 e. The van der Waals surface area contributed by atoms with Crippen LogP contribution in [0.1, 0.15) is 32.3 Å². The van der Waals surface area contributed by atoms with Crippen molar-refractivity contribution in [3.05, 3.63) is 71.4 Å². The van der Waals surface area contributed by atoms with Crippen LogP contribution in [0.5, 0.6) is 0 Å². The molecule has 3 nitrogen and oxygen atoms in total. The summed E-state index contributed by atoms with van der Waals surface area (Å²) in [6.45, 7) is 8.79. The second-order valence-electron chi connectivity index (χ2n) is 7.53. The Morgan fingerprint density at radius 3 is 2.71 bits per heavy atom. The average Bonchev–Trinajstić information content (AvgIpc) is 2.71. The second-order valence-corrected chi connectivity index (χ2v) is 7.97. The SMILES string of the molecule is CCC(C)CN(CCCNc1ccnc2cc(Cl)ccc12)Cc1ccccc1. The summed E-state index contributed by atoms with van der Waals surface area (Å²) in [5.74, 6) is 0.713. The molecule has 4 heteroatoms. The number of hydrogen-bond acceptors (Lipinski definition) is 3.